The molecule has 3 nitrogen and oxygen atoms in total. The van der Waals surface area contributed by atoms with Crippen LogP contribution >= 0.6 is 0 Å². The number of carboxylic acids is 1. The fourth-order valence-corrected chi connectivity index (χ4v) is 1.11. The topological polar surface area (TPSA) is 54.4 Å². The second kappa shape index (κ2) is 20.2. The van der Waals surface area contributed by atoms with Crippen molar-refractivity contribution in [3.05, 3.63) is 60.8 Å². The minimum Gasteiger partial charge on any atom is -0.478 e. The highest BCUT2D eigenvalue weighted by Crippen LogP contribution is 1.93. The van der Waals surface area contributed by atoms with Crippen LogP contribution in [0.25, 0.3) is 0 Å². The van der Waals surface area contributed by atoms with Crippen LogP contribution in [0, 0.1) is 0 Å². The standard InChI is InChI=1S/C10H14O2.C8H12O/c1-2-3-4-5-6-7-8-9-10(11)12;1-2-3-4-5-6-7-8-9/h2-5,8-9H,6-7H2,1H3,(H,11,12);2-5,8H,6-7H2,1H3/b3-2+,5-4-,9-8+;3-2+,5-4-. The molecule has 0 bridgehead atoms. The van der Waals surface area contributed by atoms with Crippen LogP contribution in [-0.2, 0) is 9.59 Å². The molecule has 0 aromatic carbocycles. The van der Waals surface area contributed by atoms with Crippen LogP contribution < -0.4 is 0 Å². The number of rotatable bonds is 9. The van der Waals surface area contributed by atoms with Gasteiger partial charge in [-0.05, 0) is 33.1 Å². The summed E-state index contributed by atoms with van der Waals surface area (Å²) in [6, 6.07) is 0. The van der Waals surface area contributed by atoms with Gasteiger partial charge in [0.15, 0.2) is 0 Å². The molecule has 21 heavy (non-hydrogen) atoms. The van der Waals surface area contributed by atoms with E-state index in [0.717, 1.165) is 25.5 Å². The second-order valence-corrected chi connectivity index (χ2v) is 3.97. The average molecular weight is 290 g/mol. The molecule has 1 N–H and O–H groups in total. The average Bonchev–Trinajstić information content (AvgIpc) is 2.47. The van der Waals surface area contributed by atoms with Crippen molar-refractivity contribution in [3.8, 4) is 0 Å². The SMILES string of the molecule is C/C=C/C=C\CC/C=C/C(=O)O.C/C=C/C=C\CCC=O. The Kier molecular flexibility index (Phi) is 20.3. The molecule has 116 valence electrons. The number of hydrogen-bond acceptors (Lipinski definition) is 2. The first-order valence-corrected chi connectivity index (χ1v) is 7.07. The highest BCUT2D eigenvalue weighted by Gasteiger charge is 1.82. The van der Waals surface area contributed by atoms with Gasteiger partial charge in [0.25, 0.3) is 0 Å². The monoisotopic (exact) mass is 290 g/mol. The molecule has 0 radical (unpaired) electrons. The summed E-state index contributed by atoms with van der Waals surface area (Å²) in [5.41, 5.74) is 0. The Morgan fingerprint density at radius 3 is 1.71 bits per heavy atom. The third-order valence-electron chi connectivity index (χ3n) is 2.09. The molecule has 0 aromatic rings. The summed E-state index contributed by atoms with van der Waals surface area (Å²) in [6.07, 6.45) is 22.6. The third kappa shape index (κ3) is 27.2. The van der Waals surface area contributed by atoms with Crippen LogP contribution in [0.2, 0.25) is 0 Å². The molecule has 0 unspecified atom stereocenters. The zero-order valence-corrected chi connectivity index (χ0v) is 12.9. The smallest absolute Gasteiger partial charge is 0.327 e. The van der Waals surface area contributed by atoms with Crippen LogP contribution in [0.5, 0.6) is 0 Å². The van der Waals surface area contributed by atoms with E-state index in [4.69, 9.17) is 5.11 Å². The summed E-state index contributed by atoms with van der Waals surface area (Å²) in [7, 11) is 0. The molecule has 0 saturated carbocycles. The summed E-state index contributed by atoms with van der Waals surface area (Å²) in [6.45, 7) is 3.92. The van der Waals surface area contributed by atoms with E-state index in [-0.39, 0.29) is 0 Å². The van der Waals surface area contributed by atoms with Gasteiger partial charge >= 0.3 is 5.97 Å². The third-order valence-corrected chi connectivity index (χ3v) is 2.09. The van der Waals surface area contributed by atoms with Crippen molar-refractivity contribution in [2.24, 2.45) is 0 Å². The lowest BCUT2D eigenvalue weighted by Gasteiger charge is -1.83. The molecule has 0 aliphatic heterocycles. The van der Waals surface area contributed by atoms with Crippen LogP contribution in [0.3, 0.4) is 0 Å². The van der Waals surface area contributed by atoms with Gasteiger partial charge in [0.2, 0.25) is 0 Å². The van der Waals surface area contributed by atoms with E-state index >= 15 is 0 Å². The zero-order chi connectivity index (χ0) is 16.2. The predicted octanol–water partition coefficient (Wildman–Crippen LogP) is 4.64. The Morgan fingerprint density at radius 1 is 0.810 bits per heavy atom. The van der Waals surface area contributed by atoms with E-state index in [1.54, 1.807) is 6.08 Å². The summed E-state index contributed by atoms with van der Waals surface area (Å²) in [5, 5.41) is 8.24. The molecule has 0 spiro atoms. The normalized spacial score (nSPS) is 11.7. The number of unbranched alkanes of at least 4 members (excludes halogenated alkanes) is 2. The van der Waals surface area contributed by atoms with Gasteiger partial charge in [0, 0.05) is 12.5 Å². The Balaban J connectivity index is 0. The van der Waals surface area contributed by atoms with Crippen molar-refractivity contribution < 1.29 is 14.7 Å². The Hall–Kier alpha value is -2.16. The van der Waals surface area contributed by atoms with Crippen LogP contribution in [-0.4, -0.2) is 17.4 Å². The molecule has 0 amide bonds. The number of aldehydes is 1. The summed E-state index contributed by atoms with van der Waals surface area (Å²) in [5.74, 6) is -0.882. The number of carbonyl (C=O) groups is 2. The van der Waals surface area contributed by atoms with E-state index in [2.05, 4.69) is 0 Å². The first-order valence-electron chi connectivity index (χ1n) is 7.07. The second-order valence-electron chi connectivity index (χ2n) is 3.97. The van der Waals surface area contributed by atoms with Gasteiger partial charge in [-0.1, -0.05) is 54.7 Å². The lowest BCUT2D eigenvalue weighted by Crippen LogP contribution is -1.84. The molecule has 0 atom stereocenters. The van der Waals surface area contributed by atoms with Gasteiger partial charge in [0.1, 0.15) is 6.29 Å². The van der Waals surface area contributed by atoms with Gasteiger partial charge in [0.05, 0.1) is 0 Å². The number of allylic oxidation sites excluding steroid dienone is 9. The number of aliphatic carboxylic acids is 1. The minimum absolute atomic E-state index is 0.633. The lowest BCUT2D eigenvalue weighted by molar-refractivity contribution is -0.131. The maximum absolute atomic E-state index is 10.0. The first kappa shape index (κ1) is 21.1. The number of hydrogen-bond donors (Lipinski definition) is 1. The zero-order valence-electron chi connectivity index (χ0n) is 12.9. The van der Waals surface area contributed by atoms with Crippen molar-refractivity contribution in [3.63, 3.8) is 0 Å². The summed E-state index contributed by atoms with van der Waals surface area (Å²) >= 11 is 0. The highest BCUT2D eigenvalue weighted by atomic mass is 16.4. The van der Waals surface area contributed by atoms with Crippen LogP contribution in [0.15, 0.2) is 60.8 Å². The van der Waals surface area contributed by atoms with E-state index < -0.39 is 5.97 Å². The molecule has 0 rings (SSSR count). The van der Waals surface area contributed by atoms with Gasteiger partial charge < -0.3 is 9.90 Å². The molecule has 0 aliphatic carbocycles. The number of carbonyl (C=O) groups excluding carboxylic acids is 1. The quantitative estimate of drug-likeness (QED) is 0.291. The molecule has 0 fully saturated rings. The van der Waals surface area contributed by atoms with E-state index in [9.17, 15) is 9.59 Å². The Morgan fingerprint density at radius 2 is 1.29 bits per heavy atom. The van der Waals surface area contributed by atoms with E-state index in [1.165, 1.54) is 6.08 Å². The van der Waals surface area contributed by atoms with Gasteiger partial charge in [-0.2, -0.15) is 0 Å². The molecule has 0 aliphatic rings. The van der Waals surface area contributed by atoms with Crippen LogP contribution in [0.4, 0.5) is 0 Å². The van der Waals surface area contributed by atoms with Gasteiger partial charge in [-0.25, -0.2) is 4.79 Å². The van der Waals surface area contributed by atoms with Crippen molar-refractivity contribution in [1.82, 2.24) is 0 Å². The van der Waals surface area contributed by atoms with Crippen molar-refractivity contribution in [2.45, 2.75) is 39.5 Å². The minimum atomic E-state index is -0.882. The molecule has 0 heterocycles. The highest BCUT2D eigenvalue weighted by molar-refractivity contribution is 5.79. The van der Waals surface area contributed by atoms with Crippen molar-refractivity contribution in [1.29, 1.82) is 0 Å². The molecule has 3 heteroatoms. The molecule has 0 saturated heterocycles. The van der Waals surface area contributed by atoms with E-state index in [1.807, 2.05) is 62.5 Å². The van der Waals surface area contributed by atoms with Crippen LogP contribution in [0.1, 0.15) is 39.5 Å². The maximum Gasteiger partial charge on any atom is 0.327 e. The predicted molar refractivity (Wildman–Crippen MR) is 89.2 cm³/mol. The maximum atomic E-state index is 10.0. The fourth-order valence-electron chi connectivity index (χ4n) is 1.11. The fraction of sp³-hybridized carbons (Fsp3) is 0.333. The molecule has 0 aromatic heterocycles. The van der Waals surface area contributed by atoms with E-state index in [0.29, 0.717) is 6.42 Å². The molecular formula is C18H26O3. The Bertz CT molecular complexity index is 385. The Labute approximate surface area is 128 Å². The first-order chi connectivity index (χ1) is 10.2. The van der Waals surface area contributed by atoms with Crippen molar-refractivity contribution >= 4 is 12.3 Å². The summed E-state index contributed by atoms with van der Waals surface area (Å²) < 4.78 is 0. The summed E-state index contributed by atoms with van der Waals surface area (Å²) in [4.78, 5) is 19.8. The van der Waals surface area contributed by atoms with Gasteiger partial charge in [-0.15, -0.1) is 0 Å². The molecular weight excluding hydrogens is 264 g/mol. The number of carboxylic acid groups (broad SMARTS) is 1. The largest absolute Gasteiger partial charge is 0.478 e. The lowest BCUT2D eigenvalue weighted by atomic mass is 10.2. The van der Waals surface area contributed by atoms with Gasteiger partial charge in [-0.3, -0.25) is 0 Å². The van der Waals surface area contributed by atoms with Crippen molar-refractivity contribution in [2.75, 3.05) is 0 Å².